The van der Waals surface area contributed by atoms with E-state index in [0.717, 1.165) is 11.2 Å². The minimum Gasteiger partial charge on any atom is -0.313 e. The molecule has 0 bridgehead atoms. The quantitative estimate of drug-likeness (QED) is 0.751. The summed E-state index contributed by atoms with van der Waals surface area (Å²) in [7, 11) is 0. The van der Waals surface area contributed by atoms with E-state index >= 15 is 0 Å². The largest absolute Gasteiger partial charge is 0.313 e. The zero-order chi connectivity index (χ0) is 11.8. The van der Waals surface area contributed by atoms with Gasteiger partial charge in [0.25, 0.3) is 0 Å². The van der Waals surface area contributed by atoms with Gasteiger partial charge in [0.15, 0.2) is 0 Å². The Kier molecular flexibility index (Phi) is 8.01. The van der Waals surface area contributed by atoms with E-state index in [1.807, 2.05) is 0 Å². The Balaban J connectivity index is 1.98. The Labute approximate surface area is 110 Å². The molecule has 96 valence electrons. The zero-order valence-corrected chi connectivity index (χ0v) is 12.6. The Bertz CT molecular complexity index is 167. The molecule has 2 unspecified atom stereocenters. The molecule has 0 aliphatic carbocycles. The second-order valence-electron chi connectivity index (χ2n) is 5.20. The average Bonchev–Trinajstić information content (AvgIpc) is 2.27. The van der Waals surface area contributed by atoms with Gasteiger partial charge in [0.1, 0.15) is 0 Å². The van der Waals surface area contributed by atoms with Gasteiger partial charge < -0.3 is 5.32 Å². The van der Waals surface area contributed by atoms with E-state index in [1.54, 1.807) is 0 Å². The molecule has 1 fully saturated rings. The van der Waals surface area contributed by atoms with Gasteiger partial charge in [-0.25, -0.2) is 0 Å². The predicted molar refractivity (Wildman–Crippen MR) is 79.7 cm³/mol. The average molecular weight is 261 g/mol. The SMILES string of the molecule is CC(C)CCCC(C)NCC1CSCCS1. The Morgan fingerprint density at radius 1 is 1.19 bits per heavy atom. The van der Waals surface area contributed by atoms with Crippen LogP contribution in [0.4, 0.5) is 0 Å². The molecule has 0 amide bonds. The molecule has 1 saturated heterocycles. The summed E-state index contributed by atoms with van der Waals surface area (Å²) >= 11 is 4.27. The van der Waals surface area contributed by atoms with Crippen molar-refractivity contribution >= 4 is 23.5 Å². The lowest BCUT2D eigenvalue weighted by molar-refractivity contribution is 0.460. The molecule has 1 nitrogen and oxygen atoms in total. The van der Waals surface area contributed by atoms with E-state index < -0.39 is 0 Å². The highest BCUT2D eigenvalue weighted by Crippen LogP contribution is 2.23. The van der Waals surface area contributed by atoms with Crippen LogP contribution in [-0.4, -0.2) is 35.1 Å². The van der Waals surface area contributed by atoms with Gasteiger partial charge in [0.2, 0.25) is 0 Å². The van der Waals surface area contributed by atoms with E-state index in [9.17, 15) is 0 Å². The summed E-state index contributed by atoms with van der Waals surface area (Å²) in [5, 5.41) is 4.54. The van der Waals surface area contributed by atoms with Crippen molar-refractivity contribution in [3.05, 3.63) is 0 Å². The maximum absolute atomic E-state index is 3.69. The lowest BCUT2D eigenvalue weighted by Gasteiger charge is -2.23. The molecule has 1 aliphatic heterocycles. The van der Waals surface area contributed by atoms with Gasteiger partial charge in [-0.3, -0.25) is 0 Å². The van der Waals surface area contributed by atoms with Crippen LogP contribution in [0.1, 0.15) is 40.0 Å². The standard InChI is InChI=1S/C13H27NS2/c1-11(2)5-4-6-12(3)14-9-13-10-15-7-8-16-13/h11-14H,4-10H2,1-3H3. The smallest absolute Gasteiger partial charge is 0.0263 e. The van der Waals surface area contributed by atoms with Gasteiger partial charge in [-0.2, -0.15) is 23.5 Å². The molecule has 16 heavy (non-hydrogen) atoms. The molecule has 1 aliphatic rings. The molecule has 1 rings (SSSR count). The van der Waals surface area contributed by atoms with Crippen molar-refractivity contribution in [3.63, 3.8) is 0 Å². The third kappa shape index (κ3) is 7.08. The molecule has 0 aromatic carbocycles. The monoisotopic (exact) mass is 261 g/mol. The molecular formula is C13H27NS2. The molecule has 0 saturated carbocycles. The lowest BCUT2D eigenvalue weighted by atomic mass is 10.0. The maximum atomic E-state index is 3.69. The maximum Gasteiger partial charge on any atom is 0.0263 e. The third-order valence-electron chi connectivity index (χ3n) is 3.00. The van der Waals surface area contributed by atoms with Crippen LogP contribution in [-0.2, 0) is 0 Å². The molecule has 1 heterocycles. The van der Waals surface area contributed by atoms with Crippen LogP contribution in [0.5, 0.6) is 0 Å². The highest BCUT2D eigenvalue weighted by molar-refractivity contribution is 8.06. The lowest BCUT2D eigenvalue weighted by Crippen LogP contribution is -2.34. The normalized spacial score (nSPS) is 23.6. The first-order valence-corrected chi connectivity index (χ1v) is 8.81. The summed E-state index contributed by atoms with van der Waals surface area (Å²) in [5.41, 5.74) is 0. The summed E-state index contributed by atoms with van der Waals surface area (Å²) in [4.78, 5) is 0. The number of hydrogen-bond donors (Lipinski definition) is 1. The predicted octanol–water partition coefficient (Wildman–Crippen LogP) is 3.64. The van der Waals surface area contributed by atoms with Crippen LogP contribution in [0.15, 0.2) is 0 Å². The Hall–Kier alpha value is 0.660. The summed E-state index contributed by atoms with van der Waals surface area (Å²) < 4.78 is 0. The molecule has 3 heteroatoms. The fraction of sp³-hybridized carbons (Fsp3) is 1.00. The van der Waals surface area contributed by atoms with Crippen molar-refractivity contribution in [1.82, 2.24) is 5.32 Å². The molecular weight excluding hydrogens is 234 g/mol. The van der Waals surface area contributed by atoms with Crippen LogP contribution < -0.4 is 5.32 Å². The van der Waals surface area contributed by atoms with Crippen molar-refractivity contribution in [1.29, 1.82) is 0 Å². The second kappa shape index (κ2) is 8.71. The van der Waals surface area contributed by atoms with E-state index in [1.165, 1.54) is 43.1 Å². The highest BCUT2D eigenvalue weighted by atomic mass is 32.2. The second-order valence-corrected chi connectivity index (χ2v) is 7.76. The first-order chi connectivity index (χ1) is 7.68. The first-order valence-electron chi connectivity index (χ1n) is 6.61. The number of rotatable bonds is 7. The van der Waals surface area contributed by atoms with Crippen molar-refractivity contribution < 1.29 is 0 Å². The van der Waals surface area contributed by atoms with Crippen LogP contribution in [0.25, 0.3) is 0 Å². The third-order valence-corrected chi connectivity index (χ3v) is 5.84. The van der Waals surface area contributed by atoms with Gasteiger partial charge in [-0.05, 0) is 19.3 Å². The van der Waals surface area contributed by atoms with Gasteiger partial charge >= 0.3 is 0 Å². The zero-order valence-electron chi connectivity index (χ0n) is 11.0. The fourth-order valence-electron chi connectivity index (χ4n) is 1.92. The van der Waals surface area contributed by atoms with Gasteiger partial charge in [0, 0.05) is 35.1 Å². The Morgan fingerprint density at radius 3 is 2.62 bits per heavy atom. The summed E-state index contributed by atoms with van der Waals surface area (Å²) in [6.45, 7) is 8.17. The van der Waals surface area contributed by atoms with Crippen LogP contribution in [0, 0.1) is 5.92 Å². The fourth-order valence-corrected chi connectivity index (χ4v) is 4.55. The van der Waals surface area contributed by atoms with E-state index in [-0.39, 0.29) is 0 Å². The molecule has 1 N–H and O–H groups in total. The molecule has 0 radical (unpaired) electrons. The van der Waals surface area contributed by atoms with Gasteiger partial charge in [-0.1, -0.05) is 26.7 Å². The Morgan fingerprint density at radius 2 is 2.00 bits per heavy atom. The minimum atomic E-state index is 0.700. The van der Waals surface area contributed by atoms with Crippen molar-refractivity contribution in [2.24, 2.45) is 5.92 Å². The molecule has 0 aromatic heterocycles. The van der Waals surface area contributed by atoms with Gasteiger partial charge in [0.05, 0.1) is 0 Å². The molecule has 2 atom stereocenters. The number of nitrogens with one attached hydrogen (secondary N) is 1. The molecule has 0 aromatic rings. The topological polar surface area (TPSA) is 12.0 Å². The number of hydrogen-bond acceptors (Lipinski definition) is 3. The summed E-state index contributed by atoms with van der Waals surface area (Å²) in [6, 6.07) is 0.700. The summed E-state index contributed by atoms with van der Waals surface area (Å²) in [6.07, 6.45) is 4.08. The van der Waals surface area contributed by atoms with Crippen LogP contribution in [0.3, 0.4) is 0 Å². The highest BCUT2D eigenvalue weighted by Gasteiger charge is 2.14. The van der Waals surface area contributed by atoms with E-state index in [4.69, 9.17) is 0 Å². The van der Waals surface area contributed by atoms with E-state index in [2.05, 4.69) is 49.6 Å². The van der Waals surface area contributed by atoms with Crippen LogP contribution in [0.2, 0.25) is 0 Å². The van der Waals surface area contributed by atoms with Crippen LogP contribution >= 0.6 is 23.5 Å². The van der Waals surface area contributed by atoms with Crippen molar-refractivity contribution in [2.75, 3.05) is 23.8 Å². The minimum absolute atomic E-state index is 0.700. The first kappa shape index (κ1) is 14.7. The van der Waals surface area contributed by atoms with Gasteiger partial charge in [-0.15, -0.1) is 0 Å². The van der Waals surface area contributed by atoms with Crippen molar-refractivity contribution in [2.45, 2.75) is 51.3 Å². The molecule has 0 spiro atoms. The van der Waals surface area contributed by atoms with E-state index in [0.29, 0.717) is 6.04 Å². The summed E-state index contributed by atoms with van der Waals surface area (Å²) in [5.74, 6) is 4.90. The number of thioether (sulfide) groups is 2. The van der Waals surface area contributed by atoms with Crippen molar-refractivity contribution in [3.8, 4) is 0 Å².